The van der Waals surface area contributed by atoms with E-state index in [4.69, 9.17) is 0 Å². The molecule has 0 radical (unpaired) electrons. The molecule has 4 nitrogen and oxygen atoms in total. The Kier molecular flexibility index (Phi) is 7.40. The number of nitrogens with zero attached hydrogens (tertiary/aromatic N) is 2. The monoisotopic (exact) mass is 460 g/mol. The number of piperidine rings is 1. The summed E-state index contributed by atoms with van der Waals surface area (Å²) >= 11 is 0. The minimum absolute atomic E-state index is 0.0985. The Bertz CT molecular complexity index is 1110. The molecule has 4 rings (SSSR count). The van der Waals surface area contributed by atoms with Crippen molar-refractivity contribution in [3.8, 4) is 11.1 Å². The number of hydrogen-bond acceptors (Lipinski definition) is 3. The third-order valence-corrected chi connectivity index (χ3v) is 7.39. The van der Waals surface area contributed by atoms with Crippen LogP contribution >= 0.6 is 0 Å². The normalized spacial score (nSPS) is 21.4. The maximum atomic E-state index is 14.7. The predicted molar refractivity (Wildman–Crippen MR) is 134 cm³/mol. The molecule has 2 fully saturated rings. The topological polar surface area (TPSA) is 49.7 Å². The number of aryl methyl sites for hydroxylation is 1. The first-order valence-electron chi connectivity index (χ1n) is 12.3. The number of carbonyl (C=O) groups excluding carboxylic acids is 2. The highest BCUT2D eigenvalue weighted by Gasteiger charge is 2.39. The zero-order chi connectivity index (χ0) is 24.2. The van der Waals surface area contributed by atoms with Crippen molar-refractivity contribution in [1.82, 2.24) is 4.90 Å². The Hall–Kier alpha value is -3.08. The van der Waals surface area contributed by atoms with E-state index in [0.717, 1.165) is 42.4 Å². The quantitative estimate of drug-likeness (QED) is 0.386. The van der Waals surface area contributed by atoms with Crippen LogP contribution in [-0.4, -0.2) is 35.9 Å². The SMILES string of the molecule is C=C(N=CCC)C(=O)N1CCC(C2CC(=O)C(c3ccc(F)c(-c4ccccc4C)c3)C2)CC1. The molecule has 0 N–H and O–H groups in total. The molecule has 0 spiro atoms. The number of aliphatic imine (C=N–C) groups is 1. The highest BCUT2D eigenvalue weighted by Crippen LogP contribution is 2.43. The van der Waals surface area contributed by atoms with Crippen molar-refractivity contribution in [1.29, 1.82) is 0 Å². The molecule has 1 aliphatic heterocycles. The fourth-order valence-electron chi connectivity index (χ4n) is 5.45. The third kappa shape index (κ3) is 5.03. The van der Waals surface area contributed by atoms with Crippen molar-refractivity contribution in [2.45, 2.75) is 51.9 Å². The lowest BCUT2D eigenvalue weighted by Crippen LogP contribution is -2.40. The summed E-state index contributed by atoms with van der Waals surface area (Å²) in [5.74, 6) is 0.426. The number of Topliss-reactive ketones (excluding diaryl/α,β-unsaturated/α-hetero) is 1. The first-order valence-corrected chi connectivity index (χ1v) is 12.3. The Morgan fingerprint density at radius 2 is 1.88 bits per heavy atom. The average Bonchev–Trinajstić information content (AvgIpc) is 3.24. The van der Waals surface area contributed by atoms with E-state index in [1.165, 1.54) is 6.07 Å². The lowest BCUT2D eigenvalue weighted by atomic mass is 9.82. The summed E-state index contributed by atoms with van der Waals surface area (Å²) in [6.07, 6.45) is 5.61. The smallest absolute Gasteiger partial charge is 0.271 e. The molecule has 178 valence electrons. The van der Waals surface area contributed by atoms with Gasteiger partial charge in [-0.1, -0.05) is 43.8 Å². The van der Waals surface area contributed by atoms with Crippen molar-refractivity contribution in [3.05, 3.63) is 71.7 Å². The van der Waals surface area contributed by atoms with E-state index in [2.05, 4.69) is 11.6 Å². The minimum atomic E-state index is -0.262. The molecule has 2 atom stereocenters. The number of likely N-dealkylation sites (tertiary alicyclic amines) is 1. The maximum absolute atomic E-state index is 14.7. The first kappa shape index (κ1) is 24.1. The van der Waals surface area contributed by atoms with Gasteiger partial charge in [0.25, 0.3) is 5.91 Å². The maximum Gasteiger partial charge on any atom is 0.271 e. The van der Waals surface area contributed by atoms with Crippen LogP contribution in [0.25, 0.3) is 11.1 Å². The number of halogens is 1. The summed E-state index contributed by atoms with van der Waals surface area (Å²) < 4.78 is 14.7. The summed E-state index contributed by atoms with van der Waals surface area (Å²) in [5.41, 5.74) is 3.64. The molecule has 1 saturated heterocycles. The van der Waals surface area contributed by atoms with Gasteiger partial charge in [-0.05, 0) is 73.3 Å². The van der Waals surface area contributed by atoms with Crippen molar-refractivity contribution < 1.29 is 14.0 Å². The van der Waals surface area contributed by atoms with Crippen LogP contribution < -0.4 is 0 Å². The van der Waals surface area contributed by atoms with Gasteiger partial charge in [0.05, 0.1) is 0 Å². The molecule has 2 aliphatic rings. The van der Waals surface area contributed by atoms with Gasteiger partial charge in [-0.15, -0.1) is 0 Å². The van der Waals surface area contributed by atoms with Crippen LogP contribution in [0.4, 0.5) is 4.39 Å². The van der Waals surface area contributed by atoms with Crippen molar-refractivity contribution >= 4 is 17.9 Å². The third-order valence-electron chi connectivity index (χ3n) is 7.39. The molecular weight excluding hydrogens is 427 g/mol. The second-order valence-corrected chi connectivity index (χ2v) is 9.57. The molecule has 5 heteroatoms. The summed E-state index contributed by atoms with van der Waals surface area (Å²) in [4.78, 5) is 31.5. The number of benzene rings is 2. The molecule has 2 aromatic carbocycles. The number of carbonyl (C=O) groups is 2. The van der Waals surface area contributed by atoms with Gasteiger partial charge in [-0.25, -0.2) is 4.39 Å². The number of ketones is 1. The van der Waals surface area contributed by atoms with Gasteiger partial charge in [0.2, 0.25) is 0 Å². The Labute approximate surface area is 201 Å². The Morgan fingerprint density at radius 3 is 2.59 bits per heavy atom. The van der Waals surface area contributed by atoms with E-state index in [-0.39, 0.29) is 29.1 Å². The molecule has 1 amide bonds. The lowest BCUT2D eigenvalue weighted by molar-refractivity contribution is -0.129. The van der Waals surface area contributed by atoms with Gasteiger partial charge in [0.1, 0.15) is 17.3 Å². The lowest BCUT2D eigenvalue weighted by Gasteiger charge is -2.34. The van der Waals surface area contributed by atoms with Crippen LogP contribution in [0.3, 0.4) is 0 Å². The predicted octanol–water partition coefficient (Wildman–Crippen LogP) is 6.10. The van der Waals surface area contributed by atoms with Gasteiger partial charge in [0.15, 0.2) is 0 Å². The van der Waals surface area contributed by atoms with Crippen molar-refractivity contribution in [3.63, 3.8) is 0 Å². The van der Waals surface area contributed by atoms with Gasteiger partial charge in [-0.3, -0.25) is 14.6 Å². The number of hydrogen-bond donors (Lipinski definition) is 0. The Balaban J connectivity index is 1.42. The highest BCUT2D eigenvalue weighted by atomic mass is 19.1. The molecule has 1 aliphatic carbocycles. The molecule has 1 heterocycles. The second-order valence-electron chi connectivity index (χ2n) is 9.57. The summed E-state index contributed by atoms with van der Waals surface area (Å²) in [5, 5.41) is 0. The highest BCUT2D eigenvalue weighted by molar-refractivity contribution is 5.94. The first-order chi connectivity index (χ1) is 16.4. The second kappa shape index (κ2) is 10.5. The van der Waals surface area contributed by atoms with Crippen LogP contribution in [0.15, 0.2) is 59.7 Å². The Morgan fingerprint density at radius 1 is 1.15 bits per heavy atom. The largest absolute Gasteiger partial charge is 0.337 e. The van der Waals surface area contributed by atoms with Crippen LogP contribution in [0.5, 0.6) is 0 Å². The fraction of sp³-hybridized carbons (Fsp3) is 0.414. The van der Waals surface area contributed by atoms with Crippen LogP contribution in [0, 0.1) is 24.6 Å². The molecule has 0 bridgehead atoms. The molecule has 2 unspecified atom stereocenters. The molecule has 0 aromatic heterocycles. The molecule has 2 aromatic rings. The van der Waals surface area contributed by atoms with Crippen LogP contribution in [0.2, 0.25) is 0 Å². The van der Waals surface area contributed by atoms with Gasteiger partial charge >= 0.3 is 0 Å². The summed E-state index contributed by atoms with van der Waals surface area (Å²) in [6, 6.07) is 12.9. The van der Waals surface area contributed by atoms with Crippen LogP contribution in [-0.2, 0) is 9.59 Å². The number of rotatable bonds is 6. The molecule has 34 heavy (non-hydrogen) atoms. The fourth-order valence-corrected chi connectivity index (χ4v) is 5.45. The average molecular weight is 461 g/mol. The zero-order valence-electron chi connectivity index (χ0n) is 20.1. The number of amides is 1. The van der Waals surface area contributed by atoms with E-state index < -0.39 is 0 Å². The van der Waals surface area contributed by atoms with E-state index in [1.807, 2.05) is 49.1 Å². The van der Waals surface area contributed by atoms with Gasteiger partial charge in [-0.2, -0.15) is 0 Å². The summed E-state index contributed by atoms with van der Waals surface area (Å²) in [7, 11) is 0. The van der Waals surface area contributed by atoms with Gasteiger partial charge in [0, 0.05) is 37.2 Å². The van der Waals surface area contributed by atoms with Gasteiger partial charge < -0.3 is 4.90 Å². The van der Waals surface area contributed by atoms with E-state index in [1.54, 1.807) is 12.3 Å². The van der Waals surface area contributed by atoms with Crippen molar-refractivity contribution in [2.24, 2.45) is 16.8 Å². The molecule has 1 saturated carbocycles. The zero-order valence-corrected chi connectivity index (χ0v) is 20.1. The minimum Gasteiger partial charge on any atom is -0.337 e. The molecular formula is C29H33FN2O2. The van der Waals surface area contributed by atoms with E-state index in [0.29, 0.717) is 36.9 Å². The van der Waals surface area contributed by atoms with Crippen LogP contribution in [0.1, 0.15) is 56.1 Å². The van der Waals surface area contributed by atoms with E-state index >= 15 is 0 Å². The van der Waals surface area contributed by atoms with Crippen molar-refractivity contribution in [2.75, 3.05) is 13.1 Å². The standard InChI is InChI=1S/C29H33FN2O2/c1-4-13-31-20(3)29(34)32-14-11-21(12-15-32)23-17-25(28(33)18-23)22-9-10-27(30)26(16-22)24-8-6-5-7-19(24)2/h5-10,13,16,21,23,25H,3-4,11-12,14-15,17-18H2,1-2H3. The van der Waals surface area contributed by atoms with E-state index in [9.17, 15) is 14.0 Å². The summed E-state index contributed by atoms with van der Waals surface area (Å²) in [6.45, 7) is 9.09.